The molecule has 3 aromatic carbocycles. The van der Waals surface area contributed by atoms with Crippen molar-refractivity contribution < 1.29 is 9.59 Å². The molecule has 4 rings (SSSR count). The molecule has 0 bridgehead atoms. The number of carbonyl (C=O) groups is 2. The van der Waals surface area contributed by atoms with Crippen LogP contribution < -0.4 is 21.8 Å². The van der Waals surface area contributed by atoms with Gasteiger partial charge >= 0.3 is 6.03 Å². The van der Waals surface area contributed by atoms with E-state index < -0.39 is 6.03 Å². The summed E-state index contributed by atoms with van der Waals surface area (Å²) in [5.74, 6) is -0.264. The summed E-state index contributed by atoms with van der Waals surface area (Å²) >= 11 is 0. The molecule has 4 aromatic rings. The van der Waals surface area contributed by atoms with Gasteiger partial charge in [-0.15, -0.1) is 0 Å². The van der Waals surface area contributed by atoms with Crippen LogP contribution in [0.3, 0.4) is 0 Å². The highest BCUT2D eigenvalue weighted by Crippen LogP contribution is 2.20. The summed E-state index contributed by atoms with van der Waals surface area (Å²) in [5.41, 5.74) is 7.46. The lowest BCUT2D eigenvalue weighted by atomic mass is 10.1. The van der Waals surface area contributed by atoms with Crippen molar-refractivity contribution in [2.45, 2.75) is 6.54 Å². The Kier molecular flexibility index (Phi) is 4.70. The Bertz CT molecular complexity index is 1250. The first-order valence-corrected chi connectivity index (χ1v) is 8.99. The first-order valence-electron chi connectivity index (χ1n) is 8.99. The normalized spacial score (nSPS) is 10.8. The second-order valence-corrected chi connectivity index (χ2v) is 6.57. The van der Waals surface area contributed by atoms with Gasteiger partial charge in [0.05, 0.1) is 11.0 Å². The van der Waals surface area contributed by atoms with Crippen LogP contribution in [0.2, 0.25) is 0 Å². The summed E-state index contributed by atoms with van der Waals surface area (Å²) in [4.78, 5) is 36.6. The minimum atomic E-state index is -0.681. The molecular weight excluding hydrogens is 368 g/mol. The van der Waals surface area contributed by atoms with E-state index >= 15 is 0 Å². The highest BCUT2D eigenvalue weighted by atomic mass is 16.2. The Morgan fingerprint density at radius 3 is 1.93 bits per heavy atom. The van der Waals surface area contributed by atoms with E-state index in [1.165, 1.54) is 0 Å². The minimum Gasteiger partial charge on any atom is -0.351 e. The highest BCUT2D eigenvalue weighted by molar-refractivity contribution is 5.97. The number of pyridine rings is 1. The molecule has 0 spiro atoms. The van der Waals surface area contributed by atoms with Crippen LogP contribution in [0.4, 0.5) is 16.2 Å². The number of hydrogen-bond acceptors (Lipinski definition) is 3. The number of aromatic nitrogens is 1. The molecule has 0 saturated heterocycles. The Hall–Kier alpha value is -4.13. The van der Waals surface area contributed by atoms with Crippen LogP contribution in [0.25, 0.3) is 21.8 Å². The average molecular weight is 386 g/mol. The van der Waals surface area contributed by atoms with Crippen molar-refractivity contribution in [2.24, 2.45) is 5.73 Å². The van der Waals surface area contributed by atoms with E-state index in [1.54, 1.807) is 48.5 Å². The third-order valence-electron chi connectivity index (χ3n) is 4.59. The minimum absolute atomic E-state index is 0.0226. The summed E-state index contributed by atoms with van der Waals surface area (Å²) in [7, 11) is 0. The van der Waals surface area contributed by atoms with Crippen LogP contribution >= 0.6 is 0 Å². The zero-order chi connectivity index (χ0) is 20.4. The topological polar surface area (TPSA) is 106 Å². The smallest absolute Gasteiger partial charge is 0.316 e. The van der Waals surface area contributed by atoms with E-state index in [0.29, 0.717) is 33.2 Å². The van der Waals surface area contributed by atoms with Crippen molar-refractivity contribution in [3.05, 3.63) is 83.0 Å². The molecule has 3 amide bonds. The molecule has 144 valence electrons. The predicted octanol–water partition coefficient (Wildman–Crippen LogP) is 3.28. The van der Waals surface area contributed by atoms with Gasteiger partial charge in [-0.1, -0.05) is 30.3 Å². The fraction of sp³-hybridized carbons (Fsp3) is 0.0455. The highest BCUT2D eigenvalue weighted by Gasteiger charge is 2.13. The Labute approximate surface area is 165 Å². The molecule has 0 saturated carbocycles. The Morgan fingerprint density at radius 1 is 0.793 bits per heavy atom. The zero-order valence-corrected chi connectivity index (χ0v) is 15.4. The third-order valence-corrected chi connectivity index (χ3v) is 4.59. The number of nitrogens with one attached hydrogen (secondary N) is 2. The molecule has 0 aliphatic carbocycles. The number of carbonyl (C=O) groups excluding carboxylic acids is 2. The molecule has 0 unspecified atom stereocenters. The quantitative estimate of drug-likeness (QED) is 0.469. The van der Waals surface area contributed by atoms with Gasteiger partial charge in [-0.05, 0) is 42.5 Å². The number of nitrogens with two attached hydrogens (primary N) is 1. The van der Waals surface area contributed by atoms with Crippen molar-refractivity contribution in [3.63, 3.8) is 0 Å². The SMILES string of the molecule is NC(=O)Nc1cccc(NC(=O)Cn2c3ccccc3c(=O)c3ccccc32)c1. The first-order chi connectivity index (χ1) is 14.0. The molecule has 0 atom stereocenters. The van der Waals surface area contributed by atoms with Crippen LogP contribution in [0.1, 0.15) is 0 Å². The number of rotatable bonds is 4. The molecular formula is C22H18N4O3. The lowest BCUT2D eigenvalue weighted by Gasteiger charge is -2.15. The number of para-hydroxylation sites is 2. The second-order valence-electron chi connectivity index (χ2n) is 6.57. The first kappa shape index (κ1) is 18.2. The lowest BCUT2D eigenvalue weighted by molar-refractivity contribution is -0.116. The lowest BCUT2D eigenvalue weighted by Crippen LogP contribution is -2.22. The van der Waals surface area contributed by atoms with Crippen molar-refractivity contribution >= 4 is 45.1 Å². The number of anilines is 2. The maximum atomic E-state index is 12.8. The molecule has 7 heteroatoms. The molecule has 7 nitrogen and oxygen atoms in total. The van der Waals surface area contributed by atoms with Crippen molar-refractivity contribution in [1.29, 1.82) is 0 Å². The summed E-state index contributed by atoms with van der Waals surface area (Å²) in [6.45, 7) is 0.0226. The van der Waals surface area contributed by atoms with Crippen LogP contribution in [0.15, 0.2) is 77.6 Å². The maximum Gasteiger partial charge on any atom is 0.316 e. The van der Waals surface area contributed by atoms with Gasteiger partial charge < -0.3 is 20.9 Å². The summed E-state index contributed by atoms with van der Waals surface area (Å²) < 4.78 is 1.83. The molecule has 29 heavy (non-hydrogen) atoms. The number of hydrogen-bond donors (Lipinski definition) is 3. The van der Waals surface area contributed by atoms with Gasteiger partial charge in [0.2, 0.25) is 5.91 Å². The van der Waals surface area contributed by atoms with Crippen LogP contribution in [-0.2, 0) is 11.3 Å². The van der Waals surface area contributed by atoms with Gasteiger partial charge in [0.15, 0.2) is 5.43 Å². The number of nitrogens with zero attached hydrogens (tertiary/aromatic N) is 1. The molecule has 0 radical (unpaired) electrons. The van der Waals surface area contributed by atoms with E-state index in [2.05, 4.69) is 10.6 Å². The summed E-state index contributed by atoms with van der Waals surface area (Å²) in [6.07, 6.45) is 0. The predicted molar refractivity (Wildman–Crippen MR) is 114 cm³/mol. The fourth-order valence-electron chi connectivity index (χ4n) is 3.41. The zero-order valence-electron chi connectivity index (χ0n) is 15.4. The van der Waals surface area contributed by atoms with E-state index in [-0.39, 0.29) is 17.9 Å². The molecule has 0 aliphatic heterocycles. The average Bonchev–Trinajstić information content (AvgIpc) is 2.71. The molecule has 1 aromatic heterocycles. The van der Waals surface area contributed by atoms with Gasteiger partial charge in [0.1, 0.15) is 6.54 Å². The molecule has 1 heterocycles. The standard InChI is InChI=1S/C22H18N4O3/c23-22(29)25-15-7-5-6-14(12-15)24-20(27)13-26-18-10-3-1-8-16(18)21(28)17-9-2-4-11-19(17)26/h1-12H,13H2,(H,24,27)(H3,23,25,29). The van der Waals surface area contributed by atoms with Gasteiger partial charge in [-0.3, -0.25) is 9.59 Å². The number of primary amides is 1. The number of amides is 3. The summed E-state index contributed by atoms with van der Waals surface area (Å²) in [5, 5.41) is 6.41. The van der Waals surface area contributed by atoms with E-state index in [1.807, 2.05) is 28.8 Å². The van der Waals surface area contributed by atoms with Gasteiger partial charge in [-0.2, -0.15) is 0 Å². The van der Waals surface area contributed by atoms with Crippen LogP contribution in [0, 0.1) is 0 Å². The summed E-state index contributed by atoms with van der Waals surface area (Å²) in [6, 6.07) is 20.5. The monoisotopic (exact) mass is 386 g/mol. The van der Waals surface area contributed by atoms with E-state index in [9.17, 15) is 14.4 Å². The van der Waals surface area contributed by atoms with Crippen molar-refractivity contribution in [1.82, 2.24) is 4.57 Å². The largest absolute Gasteiger partial charge is 0.351 e. The fourth-order valence-corrected chi connectivity index (χ4v) is 3.41. The van der Waals surface area contributed by atoms with Gasteiger partial charge in [0, 0.05) is 22.1 Å². The number of urea groups is 1. The molecule has 0 aliphatic rings. The molecule has 0 fully saturated rings. The Balaban J connectivity index is 1.70. The third kappa shape index (κ3) is 3.66. The number of fused-ring (bicyclic) bond motifs is 2. The van der Waals surface area contributed by atoms with E-state index in [4.69, 9.17) is 5.73 Å². The second kappa shape index (κ2) is 7.47. The number of benzene rings is 3. The van der Waals surface area contributed by atoms with Crippen LogP contribution in [0.5, 0.6) is 0 Å². The van der Waals surface area contributed by atoms with Crippen molar-refractivity contribution in [3.8, 4) is 0 Å². The van der Waals surface area contributed by atoms with Crippen LogP contribution in [-0.4, -0.2) is 16.5 Å². The van der Waals surface area contributed by atoms with E-state index in [0.717, 1.165) is 0 Å². The van der Waals surface area contributed by atoms with Gasteiger partial charge in [0.25, 0.3) is 0 Å². The van der Waals surface area contributed by atoms with Gasteiger partial charge in [-0.25, -0.2) is 4.79 Å². The molecule has 4 N–H and O–H groups in total. The maximum absolute atomic E-state index is 12.8. The Morgan fingerprint density at radius 2 is 1.34 bits per heavy atom. The van der Waals surface area contributed by atoms with Crippen molar-refractivity contribution in [2.75, 3.05) is 10.6 Å².